The molecule has 0 fully saturated rings. The van der Waals surface area contributed by atoms with Crippen LogP contribution in [0.15, 0.2) is 72.8 Å². The molecule has 4 rings (SSSR count). The lowest BCUT2D eigenvalue weighted by molar-refractivity contribution is 0.500. The van der Waals surface area contributed by atoms with Crippen molar-refractivity contribution in [3.8, 4) is 5.75 Å². The molecular weight excluding hydrogens is 424 g/mol. The Hall–Kier alpha value is -2.31. The SMILES string of the molecule is O=S([O-])Cc1ccc(C2=C(c3ccc(Cl)cc3)C(C=S)c3ccccc3O2)cc1. The van der Waals surface area contributed by atoms with Crippen LogP contribution in [0.4, 0.5) is 0 Å². The van der Waals surface area contributed by atoms with Crippen LogP contribution in [0.5, 0.6) is 5.75 Å². The van der Waals surface area contributed by atoms with Crippen LogP contribution in [0.25, 0.3) is 11.3 Å². The van der Waals surface area contributed by atoms with Gasteiger partial charge in [0, 0.05) is 33.4 Å². The molecule has 29 heavy (non-hydrogen) atoms. The molecule has 3 nitrogen and oxygen atoms in total. The molecule has 0 saturated carbocycles. The molecule has 6 heteroatoms. The molecule has 1 aliphatic heterocycles. The normalized spacial score (nSPS) is 16.7. The third-order valence-corrected chi connectivity index (χ3v) is 5.91. The number of para-hydroxylation sites is 1. The van der Waals surface area contributed by atoms with Gasteiger partial charge in [-0.15, -0.1) is 0 Å². The van der Waals surface area contributed by atoms with Crippen molar-refractivity contribution in [3.05, 3.63) is 100 Å². The van der Waals surface area contributed by atoms with Crippen LogP contribution in [0.3, 0.4) is 0 Å². The fourth-order valence-corrected chi connectivity index (χ4v) is 4.35. The summed E-state index contributed by atoms with van der Waals surface area (Å²) in [4.78, 5) is 0. The van der Waals surface area contributed by atoms with Gasteiger partial charge in [-0.05, 0) is 34.7 Å². The van der Waals surface area contributed by atoms with Crippen LogP contribution in [-0.2, 0) is 16.8 Å². The molecule has 0 N–H and O–H groups in total. The highest BCUT2D eigenvalue weighted by atomic mass is 35.5. The van der Waals surface area contributed by atoms with Crippen molar-refractivity contribution >= 4 is 51.6 Å². The van der Waals surface area contributed by atoms with Crippen molar-refractivity contribution in [2.24, 2.45) is 0 Å². The molecule has 146 valence electrons. The monoisotopic (exact) mass is 439 g/mol. The van der Waals surface area contributed by atoms with E-state index in [4.69, 9.17) is 28.6 Å². The zero-order valence-electron chi connectivity index (χ0n) is 15.2. The molecule has 0 amide bonds. The van der Waals surface area contributed by atoms with Gasteiger partial charge in [-0.1, -0.05) is 89.5 Å². The Balaban J connectivity index is 1.88. The van der Waals surface area contributed by atoms with Crippen molar-refractivity contribution in [2.45, 2.75) is 11.7 Å². The van der Waals surface area contributed by atoms with Crippen LogP contribution < -0.4 is 4.74 Å². The van der Waals surface area contributed by atoms with Gasteiger partial charge < -0.3 is 9.29 Å². The van der Waals surface area contributed by atoms with Gasteiger partial charge in [-0.3, -0.25) is 4.21 Å². The predicted octanol–water partition coefficient (Wildman–Crippen LogP) is 5.76. The number of allylic oxidation sites excluding steroid dienone is 1. The molecule has 0 radical (unpaired) electrons. The molecule has 1 aliphatic rings. The standard InChI is InChI=1S/C23H17ClO3S2/c24-18-11-9-16(10-12-18)22-20(13-28)19-3-1-2-4-21(19)27-23(22)17-7-5-15(6-8-17)14-29(25)26/h1-13,20H,14H2,(H,25,26)/p-1. The molecule has 3 aromatic carbocycles. The quantitative estimate of drug-likeness (QED) is 0.374. The number of benzene rings is 3. The average Bonchev–Trinajstić information content (AvgIpc) is 2.73. The molecule has 3 aromatic rings. The van der Waals surface area contributed by atoms with E-state index in [1.807, 2.05) is 60.7 Å². The van der Waals surface area contributed by atoms with E-state index >= 15 is 0 Å². The molecule has 2 atom stereocenters. The second-order valence-electron chi connectivity index (χ2n) is 6.65. The van der Waals surface area contributed by atoms with Gasteiger partial charge in [0.15, 0.2) is 0 Å². The van der Waals surface area contributed by atoms with E-state index in [-0.39, 0.29) is 11.7 Å². The van der Waals surface area contributed by atoms with Gasteiger partial charge in [0.1, 0.15) is 11.5 Å². The fourth-order valence-electron chi connectivity index (χ4n) is 3.48. The fraction of sp³-hybridized carbons (Fsp3) is 0.0870. The van der Waals surface area contributed by atoms with Crippen molar-refractivity contribution in [3.63, 3.8) is 0 Å². The van der Waals surface area contributed by atoms with E-state index in [0.29, 0.717) is 10.8 Å². The Morgan fingerprint density at radius 3 is 2.31 bits per heavy atom. The van der Waals surface area contributed by atoms with Gasteiger partial charge in [0.2, 0.25) is 0 Å². The van der Waals surface area contributed by atoms with Gasteiger partial charge in [-0.25, -0.2) is 0 Å². The topological polar surface area (TPSA) is 49.4 Å². The Bertz CT molecular complexity index is 1110. The van der Waals surface area contributed by atoms with Gasteiger partial charge in [-0.2, -0.15) is 0 Å². The summed E-state index contributed by atoms with van der Waals surface area (Å²) in [5.41, 5.74) is 4.50. The summed E-state index contributed by atoms with van der Waals surface area (Å²) in [5, 5.41) is 2.40. The summed E-state index contributed by atoms with van der Waals surface area (Å²) in [5.74, 6) is 1.32. The number of thiocarbonyl (C=S) groups is 1. The Morgan fingerprint density at radius 2 is 1.66 bits per heavy atom. The molecule has 0 bridgehead atoms. The summed E-state index contributed by atoms with van der Waals surface area (Å²) in [7, 11) is 0. The first-order valence-corrected chi connectivity index (χ1v) is 11.0. The summed E-state index contributed by atoms with van der Waals surface area (Å²) < 4.78 is 28.3. The zero-order valence-corrected chi connectivity index (χ0v) is 17.6. The van der Waals surface area contributed by atoms with E-state index in [9.17, 15) is 8.76 Å². The highest BCUT2D eigenvalue weighted by molar-refractivity contribution is 7.79. The van der Waals surface area contributed by atoms with Crippen LogP contribution >= 0.6 is 23.8 Å². The molecule has 0 aliphatic carbocycles. The maximum Gasteiger partial charge on any atom is 0.139 e. The number of halogens is 1. The van der Waals surface area contributed by atoms with Crippen LogP contribution in [0.2, 0.25) is 5.02 Å². The van der Waals surface area contributed by atoms with E-state index < -0.39 is 11.1 Å². The van der Waals surface area contributed by atoms with Gasteiger partial charge in [0.25, 0.3) is 0 Å². The lowest BCUT2D eigenvalue weighted by Crippen LogP contribution is -2.15. The first kappa shape index (κ1) is 20.0. The largest absolute Gasteiger partial charge is 0.772 e. The maximum atomic E-state index is 11.0. The Labute approximate surface area is 182 Å². The van der Waals surface area contributed by atoms with Crippen molar-refractivity contribution in [1.82, 2.24) is 0 Å². The molecule has 0 saturated heterocycles. The number of rotatable bonds is 5. The Morgan fingerprint density at radius 1 is 1.00 bits per heavy atom. The summed E-state index contributed by atoms with van der Waals surface area (Å²) >= 11 is 9.37. The molecular formula is C23H16ClO3S2-. The minimum absolute atomic E-state index is 0.0182. The number of hydrogen-bond acceptors (Lipinski definition) is 4. The van der Waals surface area contributed by atoms with Gasteiger partial charge >= 0.3 is 0 Å². The molecule has 0 aromatic heterocycles. The zero-order chi connectivity index (χ0) is 20.4. The Kier molecular flexibility index (Phi) is 5.92. The maximum absolute atomic E-state index is 11.0. The number of fused-ring (bicyclic) bond motifs is 1. The van der Waals surface area contributed by atoms with E-state index in [2.05, 4.69) is 0 Å². The van der Waals surface area contributed by atoms with Crippen LogP contribution in [-0.4, -0.2) is 14.1 Å². The van der Waals surface area contributed by atoms with Crippen molar-refractivity contribution in [2.75, 3.05) is 0 Å². The highest BCUT2D eigenvalue weighted by Gasteiger charge is 2.30. The first-order valence-electron chi connectivity index (χ1n) is 8.94. The lowest BCUT2D eigenvalue weighted by Gasteiger charge is -2.29. The lowest BCUT2D eigenvalue weighted by atomic mass is 9.83. The number of ether oxygens (including phenoxy) is 1. The minimum Gasteiger partial charge on any atom is -0.772 e. The third kappa shape index (κ3) is 4.19. The third-order valence-electron chi connectivity index (χ3n) is 4.81. The average molecular weight is 440 g/mol. The van der Waals surface area contributed by atoms with E-state index in [1.165, 1.54) is 0 Å². The summed E-state index contributed by atoms with van der Waals surface area (Å²) in [6.45, 7) is 0. The molecule has 2 unspecified atom stereocenters. The second kappa shape index (κ2) is 8.59. The van der Waals surface area contributed by atoms with E-state index in [0.717, 1.165) is 33.6 Å². The second-order valence-corrected chi connectivity index (χ2v) is 8.25. The van der Waals surface area contributed by atoms with Gasteiger partial charge in [0.05, 0.1) is 0 Å². The molecule has 1 heterocycles. The summed E-state index contributed by atoms with van der Waals surface area (Å²) in [6, 6.07) is 22.8. The predicted molar refractivity (Wildman–Crippen MR) is 121 cm³/mol. The molecule has 0 spiro atoms. The van der Waals surface area contributed by atoms with Crippen LogP contribution in [0.1, 0.15) is 28.2 Å². The van der Waals surface area contributed by atoms with Crippen molar-refractivity contribution in [1.29, 1.82) is 0 Å². The highest BCUT2D eigenvalue weighted by Crippen LogP contribution is 2.46. The smallest absolute Gasteiger partial charge is 0.139 e. The van der Waals surface area contributed by atoms with E-state index in [1.54, 1.807) is 17.5 Å². The first-order chi connectivity index (χ1) is 14.1. The minimum atomic E-state index is -2.13. The van der Waals surface area contributed by atoms with Crippen LogP contribution in [0, 0.1) is 0 Å². The van der Waals surface area contributed by atoms with Crippen molar-refractivity contribution < 1.29 is 13.5 Å². The summed E-state index contributed by atoms with van der Waals surface area (Å²) in [6.07, 6.45) is 0. The number of hydrogen-bond donors (Lipinski definition) is 0.